The Hall–Kier alpha value is -3.14. The second-order valence-corrected chi connectivity index (χ2v) is 10.2. The largest absolute Gasteiger partial charge is 0.481 e. The molecule has 42 heavy (non-hydrogen) atoms. The summed E-state index contributed by atoms with van der Waals surface area (Å²) in [6.07, 6.45) is 52.2. The van der Waals surface area contributed by atoms with Crippen LogP contribution in [-0.4, -0.2) is 22.2 Å². The van der Waals surface area contributed by atoms with Gasteiger partial charge in [0.1, 0.15) is 0 Å². The highest BCUT2D eigenvalue weighted by atomic mass is 16.4. The van der Waals surface area contributed by atoms with Crippen molar-refractivity contribution in [3.8, 4) is 0 Å². The molecule has 4 nitrogen and oxygen atoms in total. The van der Waals surface area contributed by atoms with Gasteiger partial charge in [-0.1, -0.05) is 156 Å². The van der Waals surface area contributed by atoms with Crippen LogP contribution in [0, 0.1) is 0 Å². The molecule has 0 aliphatic rings. The fourth-order valence-electron chi connectivity index (χ4n) is 3.78. The zero-order chi connectivity index (χ0) is 31.2. The van der Waals surface area contributed by atoms with Gasteiger partial charge in [-0.05, 0) is 57.8 Å². The van der Waals surface area contributed by atoms with Crippen molar-refractivity contribution in [2.24, 2.45) is 0 Å². The van der Waals surface area contributed by atoms with E-state index in [1.165, 1.54) is 63.9 Å². The van der Waals surface area contributed by atoms with Gasteiger partial charge in [-0.2, -0.15) is 0 Å². The van der Waals surface area contributed by atoms with Crippen molar-refractivity contribution >= 4 is 11.9 Å². The number of allylic oxidation sites excluding steroid dienone is 15. The lowest BCUT2D eigenvalue weighted by molar-refractivity contribution is -0.137. The Morgan fingerprint density at radius 2 is 0.929 bits per heavy atom. The molecule has 2 N–H and O–H groups in total. The van der Waals surface area contributed by atoms with Crippen molar-refractivity contribution in [3.63, 3.8) is 0 Å². The van der Waals surface area contributed by atoms with Gasteiger partial charge in [0.25, 0.3) is 0 Å². The predicted molar refractivity (Wildman–Crippen MR) is 183 cm³/mol. The molecule has 0 fully saturated rings. The summed E-state index contributed by atoms with van der Waals surface area (Å²) in [5, 5.41) is 16.9. The number of hydrogen-bond donors (Lipinski definition) is 2. The third kappa shape index (κ3) is 43.9. The van der Waals surface area contributed by atoms with E-state index in [9.17, 15) is 9.59 Å². The molecule has 0 aromatic carbocycles. The van der Waals surface area contributed by atoms with Gasteiger partial charge in [0.15, 0.2) is 0 Å². The minimum Gasteiger partial charge on any atom is -0.481 e. The second kappa shape index (κ2) is 37.9. The number of unbranched alkanes of at least 4 members (excludes halogenated alkanes) is 11. The first-order chi connectivity index (χ1) is 20.5. The molecule has 0 aliphatic heterocycles. The SMILES string of the molecule is CC/C=C/C/C=C/C/C=C/C/C=C/CCCCC(=O)O.CCCCCCCCCCC/C=C/C=C/C=C/C=C/C(=O)O. The molecule has 0 heterocycles. The maximum Gasteiger partial charge on any atom is 0.328 e. The fourth-order valence-corrected chi connectivity index (χ4v) is 3.78. The summed E-state index contributed by atoms with van der Waals surface area (Å²) in [7, 11) is 0. The Morgan fingerprint density at radius 3 is 1.48 bits per heavy atom. The quantitative estimate of drug-likeness (QED) is 0.0462. The first-order valence-electron chi connectivity index (χ1n) is 16.3. The number of rotatable bonds is 26. The first-order valence-corrected chi connectivity index (χ1v) is 16.3. The lowest BCUT2D eigenvalue weighted by Gasteiger charge is -2.00. The number of carbonyl (C=O) groups is 2. The molecule has 0 saturated carbocycles. The molecule has 0 atom stereocenters. The van der Waals surface area contributed by atoms with Crippen LogP contribution in [0.3, 0.4) is 0 Å². The van der Waals surface area contributed by atoms with E-state index in [0.717, 1.165) is 57.4 Å². The van der Waals surface area contributed by atoms with E-state index in [-0.39, 0.29) is 6.42 Å². The van der Waals surface area contributed by atoms with Crippen LogP contribution in [0.4, 0.5) is 0 Å². The number of hydrogen-bond acceptors (Lipinski definition) is 2. The molecule has 0 amide bonds. The molecule has 236 valence electrons. The highest BCUT2D eigenvalue weighted by Crippen LogP contribution is 2.10. The molecule has 0 rings (SSSR count). The number of carboxylic acid groups (broad SMARTS) is 2. The van der Waals surface area contributed by atoms with Crippen LogP contribution in [0.1, 0.15) is 129 Å². The minimum atomic E-state index is -0.922. The van der Waals surface area contributed by atoms with Gasteiger partial charge in [-0.3, -0.25) is 4.79 Å². The molecule has 0 bridgehead atoms. The summed E-state index contributed by atoms with van der Waals surface area (Å²) in [6.45, 7) is 4.40. The van der Waals surface area contributed by atoms with Crippen LogP contribution in [0.25, 0.3) is 0 Å². The molecule has 4 heteroatoms. The van der Waals surface area contributed by atoms with Crippen molar-refractivity contribution in [2.45, 2.75) is 129 Å². The number of aliphatic carboxylic acids is 2. The molecule has 0 saturated heterocycles. The zero-order valence-corrected chi connectivity index (χ0v) is 26.7. The van der Waals surface area contributed by atoms with Crippen LogP contribution in [0.15, 0.2) is 97.2 Å². The highest BCUT2D eigenvalue weighted by molar-refractivity contribution is 5.80. The molecule has 0 aromatic rings. The van der Waals surface area contributed by atoms with Gasteiger partial charge in [-0.15, -0.1) is 0 Å². The standard InChI is InChI=1S/C20H32O2.C18H28O2/c1-2-3-4-5-6-7-8-9-10-11-12-13-14-15-16-17-18-19-20(21)22;1-2-3-4-5-6-7-8-9-10-11-12-13-14-15-16-17-18(19)20/h12-19H,2-11H2,1H3,(H,21,22);3-4,6-7,9-10,12-13H,2,5,8,11,14-17H2,1H3,(H,19,20)/b13-12+,15-14+,17-16+,19-18+;4-3+,7-6+,10-9+,13-12+. The van der Waals surface area contributed by atoms with Crippen LogP contribution in [0.5, 0.6) is 0 Å². The van der Waals surface area contributed by atoms with E-state index in [2.05, 4.69) is 74.6 Å². The van der Waals surface area contributed by atoms with Gasteiger partial charge < -0.3 is 10.2 Å². The Balaban J connectivity index is 0. The fraction of sp³-hybridized carbons (Fsp3) is 0.526. The third-order valence-electron chi connectivity index (χ3n) is 6.14. The number of carboxylic acids is 2. The Labute approximate surface area is 258 Å². The summed E-state index contributed by atoms with van der Waals surface area (Å²) >= 11 is 0. The van der Waals surface area contributed by atoms with Crippen LogP contribution >= 0.6 is 0 Å². The molecular formula is C38H60O4. The maximum atomic E-state index is 10.3. The van der Waals surface area contributed by atoms with Crippen LogP contribution < -0.4 is 0 Å². The highest BCUT2D eigenvalue weighted by Gasteiger charge is 1.94. The van der Waals surface area contributed by atoms with E-state index >= 15 is 0 Å². The summed E-state index contributed by atoms with van der Waals surface area (Å²) < 4.78 is 0. The van der Waals surface area contributed by atoms with Crippen molar-refractivity contribution in [2.75, 3.05) is 0 Å². The molecule has 0 radical (unpaired) electrons. The van der Waals surface area contributed by atoms with Crippen LogP contribution in [-0.2, 0) is 9.59 Å². The van der Waals surface area contributed by atoms with Gasteiger partial charge in [0.2, 0.25) is 0 Å². The summed E-state index contributed by atoms with van der Waals surface area (Å²) in [5.41, 5.74) is 0. The normalized spacial score (nSPS) is 12.4. The topological polar surface area (TPSA) is 74.6 Å². The summed E-state index contributed by atoms with van der Waals surface area (Å²) in [4.78, 5) is 20.5. The van der Waals surface area contributed by atoms with Crippen molar-refractivity contribution in [1.29, 1.82) is 0 Å². The monoisotopic (exact) mass is 580 g/mol. The van der Waals surface area contributed by atoms with Gasteiger partial charge >= 0.3 is 11.9 Å². The minimum absolute atomic E-state index is 0.285. The average molecular weight is 581 g/mol. The Kier molecular flexibility index (Phi) is 37.0. The molecule has 0 aliphatic carbocycles. The second-order valence-electron chi connectivity index (χ2n) is 10.2. The van der Waals surface area contributed by atoms with E-state index in [0.29, 0.717) is 0 Å². The van der Waals surface area contributed by atoms with E-state index in [4.69, 9.17) is 10.2 Å². The van der Waals surface area contributed by atoms with Crippen molar-refractivity contribution in [1.82, 2.24) is 0 Å². The predicted octanol–water partition coefficient (Wildman–Crippen LogP) is 11.7. The van der Waals surface area contributed by atoms with Crippen molar-refractivity contribution < 1.29 is 19.8 Å². The van der Waals surface area contributed by atoms with E-state index < -0.39 is 11.9 Å². The van der Waals surface area contributed by atoms with Crippen LogP contribution in [0.2, 0.25) is 0 Å². The van der Waals surface area contributed by atoms with E-state index in [1.54, 1.807) is 6.08 Å². The molecule has 0 spiro atoms. The van der Waals surface area contributed by atoms with Gasteiger partial charge in [0, 0.05) is 12.5 Å². The average Bonchev–Trinajstić information content (AvgIpc) is 2.97. The van der Waals surface area contributed by atoms with Gasteiger partial charge in [-0.25, -0.2) is 4.79 Å². The van der Waals surface area contributed by atoms with Crippen molar-refractivity contribution in [3.05, 3.63) is 97.2 Å². The Bertz CT molecular complexity index is 837. The van der Waals surface area contributed by atoms with E-state index in [1.807, 2.05) is 18.2 Å². The zero-order valence-electron chi connectivity index (χ0n) is 26.7. The molecule has 0 unspecified atom stereocenters. The summed E-state index contributed by atoms with van der Waals surface area (Å²) in [6, 6.07) is 0. The Morgan fingerprint density at radius 1 is 0.476 bits per heavy atom. The molecular weight excluding hydrogens is 520 g/mol. The lowest BCUT2D eigenvalue weighted by Crippen LogP contribution is -1.92. The lowest BCUT2D eigenvalue weighted by atomic mass is 10.1. The third-order valence-corrected chi connectivity index (χ3v) is 6.14. The van der Waals surface area contributed by atoms with Gasteiger partial charge in [0.05, 0.1) is 0 Å². The summed E-state index contributed by atoms with van der Waals surface area (Å²) in [5.74, 6) is -1.62. The molecule has 0 aromatic heterocycles. The smallest absolute Gasteiger partial charge is 0.328 e. The first kappa shape index (κ1) is 41.0. The maximum absolute atomic E-state index is 10.3.